The summed E-state index contributed by atoms with van der Waals surface area (Å²) in [6, 6.07) is 0. The van der Waals surface area contributed by atoms with Crippen molar-refractivity contribution in [2.75, 3.05) is 5.32 Å². The molecular formula is C7H10N2O3. The van der Waals surface area contributed by atoms with Gasteiger partial charge < -0.3 is 9.63 Å². The summed E-state index contributed by atoms with van der Waals surface area (Å²) in [5, 5.41) is 14.2. The third-order valence-electron chi connectivity index (χ3n) is 1.58. The standard InChI is InChI=1S/C7H10N2O3/c1-3-5-4(2)6(12-9-5)8-7(10)11/h8H,3H2,1-2H3,(H,10,11). The number of amides is 1. The molecule has 0 fully saturated rings. The number of anilines is 1. The Morgan fingerprint density at radius 2 is 2.42 bits per heavy atom. The van der Waals surface area contributed by atoms with Crippen LogP contribution in [-0.4, -0.2) is 16.4 Å². The fourth-order valence-corrected chi connectivity index (χ4v) is 0.912. The molecule has 1 amide bonds. The Bertz CT molecular complexity index is 293. The van der Waals surface area contributed by atoms with Crippen LogP contribution in [-0.2, 0) is 6.42 Å². The highest BCUT2D eigenvalue weighted by atomic mass is 16.5. The molecule has 66 valence electrons. The zero-order valence-corrected chi connectivity index (χ0v) is 6.92. The Morgan fingerprint density at radius 1 is 1.75 bits per heavy atom. The molecule has 0 radical (unpaired) electrons. The summed E-state index contributed by atoms with van der Waals surface area (Å²) in [4.78, 5) is 10.2. The van der Waals surface area contributed by atoms with Gasteiger partial charge in [-0.05, 0) is 13.3 Å². The topological polar surface area (TPSA) is 75.4 Å². The Balaban J connectivity index is 2.87. The third kappa shape index (κ3) is 1.55. The molecule has 0 aliphatic heterocycles. The number of aromatic nitrogens is 1. The molecule has 0 aromatic carbocycles. The fraction of sp³-hybridized carbons (Fsp3) is 0.429. The number of aryl methyl sites for hydroxylation is 1. The molecule has 1 aromatic heterocycles. The first-order chi connectivity index (χ1) is 5.65. The van der Waals surface area contributed by atoms with Crippen LogP contribution in [0.1, 0.15) is 18.2 Å². The normalized spacial score (nSPS) is 9.83. The average molecular weight is 170 g/mol. The molecule has 5 nitrogen and oxygen atoms in total. The summed E-state index contributed by atoms with van der Waals surface area (Å²) in [5.74, 6) is 0.208. The van der Waals surface area contributed by atoms with Crippen LogP contribution in [0, 0.1) is 6.92 Å². The lowest BCUT2D eigenvalue weighted by molar-refractivity contribution is 0.208. The Morgan fingerprint density at radius 3 is 2.83 bits per heavy atom. The highest BCUT2D eigenvalue weighted by Crippen LogP contribution is 2.18. The Labute approximate surface area is 69.4 Å². The molecule has 0 aliphatic carbocycles. The van der Waals surface area contributed by atoms with Gasteiger partial charge in [-0.2, -0.15) is 0 Å². The molecule has 0 saturated carbocycles. The Kier molecular flexibility index (Phi) is 2.32. The summed E-state index contributed by atoms with van der Waals surface area (Å²) in [5.41, 5.74) is 1.53. The van der Waals surface area contributed by atoms with E-state index in [0.29, 0.717) is 0 Å². The number of carboxylic acid groups (broad SMARTS) is 1. The monoisotopic (exact) mass is 170 g/mol. The van der Waals surface area contributed by atoms with Crippen molar-refractivity contribution in [3.05, 3.63) is 11.3 Å². The van der Waals surface area contributed by atoms with Gasteiger partial charge in [0.15, 0.2) is 0 Å². The van der Waals surface area contributed by atoms with Crippen LogP contribution >= 0.6 is 0 Å². The first kappa shape index (κ1) is 8.58. The van der Waals surface area contributed by atoms with Crippen LogP contribution in [0.25, 0.3) is 0 Å². The van der Waals surface area contributed by atoms with Gasteiger partial charge in [-0.3, -0.25) is 5.32 Å². The van der Waals surface area contributed by atoms with Gasteiger partial charge in [0.05, 0.1) is 5.69 Å². The quantitative estimate of drug-likeness (QED) is 0.707. The number of rotatable bonds is 2. The van der Waals surface area contributed by atoms with E-state index in [0.717, 1.165) is 17.7 Å². The van der Waals surface area contributed by atoms with Gasteiger partial charge in [0.25, 0.3) is 0 Å². The van der Waals surface area contributed by atoms with Crippen molar-refractivity contribution in [2.45, 2.75) is 20.3 Å². The van der Waals surface area contributed by atoms with E-state index in [-0.39, 0.29) is 5.88 Å². The molecular weight excluding hydrogens is 160 g/mol. The summed E-state index contributed by atoms with van der Waals surface area (Å²) in [7, 11) is 0. The molecule has 0 spiro atoms. The van der Waals surface area contributed by atoms with Gasteiger partial charge in [-0.1, -0.05) is 12.1 Å². The highest BCUT2D eigenvalue weighted by Gasteiger charge is 2.11. The maximum absolute atomic E-state index is 10.2. The van der Waals surface area contributed by atoms with Gasteiger partial charge in [0.1, 0.15) is 0 Å². The number of hydrogen-bond donors (Lipinski definition) is 2. The molecule has 1 heterocycles. The predicted octanol–water partition coefficient (Wildman–Crippen LogP) is 1.64. The summed E-state index contributed by atoms with van der Waals surface area (Å²) in [6.07, 6.45) is -0.409. The second-order valence-electron chi connectivity index (χ2n) is 2.37. The predicted molar refractivity (Wildman–Crippen MR) is 42.3 cm³/mol. The van der Waals surface area contributed by atoms with Crippen LogP contribution in [0.4, 0.5) is 10.7 Å². The minimum Gasteiger partial charge on any atom is -0.465 e. The van der Waals surface area contributed by atoms with Crippen molar-refractivity contribution < 1.29 is 14.4 Å². The molecule has 0 atom stereocenters. The molecule has 0 saturated heterocycles. The minimum atomic E-state index is -1.14. The third-order valence-corrected chi connectivity index (χ3v) is 1.58. The van der Waals surface area contributed by atoms with Crippen LogP contribution in [0.15, 0.2) is 4.52 Å². The number of carbonyl (C=O) groups is 1. The smallest absolute Gasteiger partial charge is 0.411 e. The summed E-state index contributed by atoms with van der Waals surface area (Å²) in [6.45, 7) is 3.69. The SMILES string of the molecule is CCc1noc(NC(=O)O)c1C. The highest BCUT2D eigenvalue weighted by molar-refractivity contribution is 5.81. The van der Waals surface area contributed by atoms with Crippen LogP contribution in [0.2, 0.25) is 0 Å². The average Bonchev–Trinajstić information content (AvgIpc) is 2.32. The zero-order chi connectivity index (χ0) is 9.14. The van der Waals surface area contributed by atoms with Crippen molar-refractivity contribution in [1.29, 1.82) is 0 Å². The lowest BCUT2D eigenvalue weighted by Crippen LogP contribution is -2.07. The molecule has 2 N–H and O–H groups in total. The van der Waals surface area contributed by atoms with E-state index in [1.54, 1.807) is 6.92 Å². The number of hydrogen-bond acceptors (Lipinski definition) is 3. The van der Waals surface area contributed by atoms with Gasteiger partial charge in [-0.15, -0.1) is 0 Å². The fourth-order valence-electron chi connectivity index (χ4n) is 0.912. The van der Waals surface area contributed by atoms with Crippen LogP contribution in [0.5, 0.6) is 0 Å². The van der Waals surface area contributed by atoms with Crippen molar-refractivity contribution in [2.24, 2.45) is 0 Å². The molecule has 0 bridgehead atoms. The number of nitrogens with zero attached hydrogens (tertiary/aromatic N) is 1. The Hall–Kier alpha value is -1.52. The van der Waals surface area contributed by atoms with E-state index < -0.39 is 6.09 Å². The molecule has 0 aliphatic rings. The second kappa shape index (κ2) is 3.25. The summed E-state index contributed by atoms with van der Waals surface area (Å²) >= 11 is 0. The number of nitrogens with one attached hydrogen (secondary N) is 1. The van der Waals surface area contributed by atoms with E-state index in [1.807, 2.05) is 6.92 Å². The van der Waals surface area contributed by atoms with E-state index in [1.165, 1.54) is 0 Å². The molecule has 5 heteroatoms. The van der Waals surface area contributed by atoms with Gasteiger partial charge in [0.2, 0.25) is 5.88 Å². The molecule has 0 unspecified atom stereocenters. The van der Waals surface area contributed by atoms with Gasteiger partial charge in [-0.25, -0.2) is 4.79 Å². The van der Waals surface area contributed by atoms with Crippen LogP contribution in [0.3, 0.4) is 0 Å². The lowest BCUT2D eigenvalue weighted by Gasteiger charge is -1.94. The van der Waals surface area contributed by atoms with Crippen molar-refractivity contribution >= 4 is 12.0 Å². The summed E-state index contributed by atoms with van der Waals surface area (Å²) < 4.78 is 4.76. The first-order valence-electron chi connectivity index (χ1n) is 3.60. The van der Waals surface area contributed by atoms with Crippen LogP contribution < -0.4 is 5.32 Å². The van der Waals surface area contributed by atoms with Gasteiger partial charge in [0, 0.05) is 5.56 Å². The minimum absolute atomic E-state index is 0.208. The van der Waals surface area contributed by atoms with Crippen molar-refractivity contribution in [3.63, 3.8) is 0 Å². The first-order valence-corrected chi connectivity index (χ1v) is 3.60. The van der Waals surface area contributed by atoms with E-state index >= 15 is 0 Å². The van der Waals surface area contributed by atoms with E-state index in [4.69, 9.17) is 9.63 Å². The molecule has 1 rings (SSSR count). The second-order valence-corrected chi connectivity index (χ2v) is 2.37. The maximum Gasteiger partial charge on any atom is 0.411 e. The van der Waals surface area contributed by atoms with Gasteiger partial charge >= 0.3 is 6.09 Å². The van der Waals surface area contributed by atoms with Crippen molar-refractivity contribution in [3.8, 4) is 0 Å². The van der Waals surface area contributed by atoms with E-state index in [2.05, 4.69) is 10.5 Å². The lowest BCUT2D eigenvalue weighted by atomic mass is 10.2. The molecule has 12 heavy (non-hydrogen) atoms. The largest absolute Gasteiger partial charge is 0.465 e. The zero-order valence-electron chi connectivity index (χ0n) is 6.92. The maximum atomic E-state index is 10.2. The van der Waals surface area contributed by atoms with E-state index in [9.17, 15) is 4.79 Å². The van der Waals surface area contributed by atoms with Crippen molar-refractivity contribution in [1.82, 2.24) is 5.16 Å². The molecule has 1 aromatic rings.